The zero-order valence-corrected chi connectivity index (χ0v) is 8.59. The van der Waals surface area contributed by atoms with Crippen molar-refractivity contribution in [2.45, 2.75) is 20.8 Å². The van der Waals surface area contributed by atoms with E-state index in [1.807, 2.05) is 20.8 Å². The van der Waals surface area contributed by atoms with E-state index in [1.54, 1.807) is 0 Å². The van der Waals surface area contributed by atoms with Gasteiger partial charge in [0.05, 0.1) is 0 Å². The van der Waals surface area contributed by atoms with E-state index >= 15 is 0 Å². The molecule has 0 N–H and O–H groups in total. The normalized spacial score (nSPS) is 7.75. The maximum atomic E-state index is 6.60. The van der Waals surface area contributed by atoms with Crippen LogP contribution in [0.15, 0.2) is 0 Å². The Hall–Kier alpha value is 0.806. The van der Waals surface area contributed by atoms with Crippen molar-refractivity contribution in [1.29, 1.82) is 0 Å². The van der Waals surface area contributed by atoms with Crippen molar-refractivity contribution in [3.8, 4) is 5.92 Å². The van der Waals surface area contributed by atoms with Gasteiger partial charge < -0.3 is 29.3 Å². The SMILES string of the molecule is [Br-].[C-]#CC(C)(C)C.[Mg+2]. The van der Waals surface area contributed by atoms with Crippen molar-refractivity contribution in [1.82, 2.24) is 0 Å². The van der Waals surface area contributed by atoms with Crippen molar-refractivity contribution in [2.24, 2.45) is 5.41 Å². The van der Waals surface area contributed by atoms with E-state index < -0.39 is 0 Å². The Balaban J connectivity index is -0.000000125. The first-order valence-corrected chi connectivity index (χ1v) is 2.00. The Morgan fingerprint density at radius 1 is 1.25 bits per heavy atom. The smallest absolute Gasteiger partial charge is 1.00 e. The van der Waals surface area contributed by atoms with Gasteiger partial charge in [-0.3, -0.25) is 0 Å². The molecule has 0 aliphatic heterocycles. The minimum Gasteiger partial charge on any atom is -1.00 e. The van der Waals surface area contributed by atoms with Gasteiger partial charge in [0.25, 0.3) is 0 Å². The van der Waals surface area contributed by atoms with Crippen LogP contribution in [0.2, 0.25) is 0 Å². The average Bonchev–Trinajstić information content (AvgIpc) is 1.35. The van der Waals surface area contributed by atoms with Crippen molar-refractivity contribution >= 4 is 23.1 Å². The van der Waals surface area contributed by atoms with Crippen molar-refractivity contribution in [3.05, 3.63) is 6.42 Å². The molecule has 0 saturated carbocycles. The van der Waals surface area contributed by atoms with E-state index in [1.165, 1.54) is 0 Å². The average molecular weight is 185 g/mol. The van der Waals surface area contributed by atoms with Gasteiger partial charge in [-0.1, -0.05) is 20.8 Å². The molecule has 0 radical (unpaired) electrons. The molecular formula is C6H9BrMg. The van der Waals surface area contributed by atoms with Crippen molar-refractivity contribution in [3.63, 3.8) is 0 Å². The Kier molecular flexibility index (Phi) is 11.8. The van der Waals surface area contributed by atoms with Gasteiger partial charge in [0, 0.05) is 0 Å². The largest absolute Gasteiger partial charge is 2.00 e. The predicted molar refractivity (Wildman–Crippen MR) is 32.3 cm³/mol. The van der Waals surface area contributed by atoms with Gasteiger partial charge in [-0.2, -0.15) is 0 Å². The first-order valence-electron chi connectivity index (χ1n) is 2.00. The molecule has 0 nitrogen and oxygen atoms in total. The van der Waals surface area contributed by atoms with Crippen molar-refractivity contribution < 1.29 is 17.0 Å². The molecule has 0 aromatic heterocycles. The summed E-state index contributed by atoms with van der Waals surface area (Å²) in [6, 6.07) is 0. The molecule has 0 amide bonds. The van der Waals surface area contributed by atoms with Gasteiger partial charge >= 0.3 is 23.1 Å². The van der Waals surface area contributed by atoms with Crippen LogP contribution in [0, 0.1) is 17.8 Å². The molecule has 0 aromatic rings. The van der Waals surface area contributed by atoms with Crippen LogP contribution in [0.1, 0.15) is 20.8 Å². The predicted octanol–water partition coefficient (Wildman–Crippen LogP) is -1.75. The van der Waals surface area contributed by atoms with Crippen LogP contribution >= 0.6 is 0 Å². The van der Waals surface area contributed by atoms with Crippen LogP contribution in [0.4, 0.5) is 0 Å². The Morgan fingerprint density at radius 3 is 1.38 bits per heavy atom. The second kappa shape index (κ2) is 5.93. The minimum absolute atomic E-state index is 0. The number of hydrogen-bond donors (Lipinski definition) is 0. The molecule has 0 unspecified atom stereocenters. The molecule has 0 atom stereocenters. The molecule has 2 heteroatoms. The van der Waals surface area contributed by atoms with E-state index in [2.05, 4.69) is 5.92 Å². The molecule has 42 valence electrons. The zero-order valence-electron chi connectivity index (χ0n) is 5.59. The molecule has 8 heavy (non-hydrogen) atoms. The van der Waals surface area contributed by atoms with Gasteiger partial charge in [0.1, 0.15) is 0 Å². The van der Waals surface area contributed by atoms with Gasteiger partial charge in [0.15, 0.2) is 0 Å². The fraction of sp³-hybridized carbons (Fsp3) is 0.667. The first kappa shape index (κ1) is 15.9. The maximum absolute atomic E-state index is 6.60. The molecule has 0 spiro atoms. The Labute approximate surface area is 78.3 Å². The summed E-state index contributed by atoms with van der Waals surface area (Å²) in [7, 11) is 0. The number of halogens is 1. The Bertz CT molecular complexity index is 75.5. The first-order chi connectivity index (χ1) is 2.56. The van der Waals surface area contributed by atoms with E-state index in [0.717, 1.165) is 0 Å². The fourth-order valence-corrected chi connectivity index (χ4v) is 0. The monoisotopic (exact) mass is 184 g/mol. The molecular weight excluding hydrogens is 176 g/mol. The van der Waals surface area contributed by atoms with E-state index in [4.69, 9.17) is 6.42 Å². The fourth-order valence-electron chi connectivity index (χ4n) is 0. The summed E-state index contributed by atoms with van der Waals surface area (Å²) in [6.07, 6.45) is 6.60. The quantitative estimate of drug-likeness (QED) is 0.238. The van der Waals surface area contributed by atoms with Gasteiger partial charge in [-0.05, 0) is 5.41 Å². The van der Waals surface area contributed by atoms with Crippen LogP contribution < -0.4 is 17.0 Å². The summed E-state index contributed by atoms with van der Waals surface area (Å²) in [5, 5.41) is 0. The van der Waals surface area contributed by atoms with Crippen LogP contribution in [0.3, 0.4) is 0 Å². The van der Waals surface area contributed by atoms with E-state index in [9.17, 15) is 0 Å². The topological polar surface area (TPSA) is 0 Å². The van der Waals surface area contributed by atoms with Gasteiger partial charge in [0.2, 0.25) is 0 Å². The van der Waals surface area contributed by atoms with Gasteiger partial charge in [-0.25, -0.2) is 0 Å². The third-order valence-electron chi connectivity index (χ3n) is 0.375. The minimum atomic E-state index is -0.0417. The summed E-state index contributed by atoms with van der Waals surface area (Å²) in [5.41, 5.74) is -0.0417. The van der Waals surface area contributed by atoms with Crippen LogP contribution in [-0.4, -0.2) is 23.1 Å². The van der Waals surface area contributed by atoms with Crippen molar-refractivity contribution in [2.75, 3.05) is 0 Å². The molecule has 0 aliphatic rings. The molecule has 0 bridgehead atoms. The van der Waals surface area contributed by atoms with Gasteiger partial charge in [-0.15, -0.1) is 0 Å². The van der Waals surface area contributed by atoms with Crippen LogP contribution in [-0.2, 0) is 0 Å². The summed E-state index contributed by atoms with van der Waals surface area (Å²) in [5.74, 6) is 2.35. The molecule has 0 rings (SSSR count). The number of rotatable bonds is 0. The van der Waals surface area contributed by atoms with Crippen LogP contribution in [0.25, 0.3) is 0 Å². The summed E-state index contributed by atoms with van der Waals surface area (Å²) < 4.78 is 0. The Morgan fingerprint density at radius 2 is 1.38 bits per heavy atom. The third kappa shape index (κ3) is 15.8. The second-order valence-electron chi connectivity index (χ2n) is 2.38. The van der Waals surface area contributed by atoms with E-state index in [0.29, 0.717) is 0 Å². The second-order valence-corrected chi connectivity index (χ2v) is 2.38. The van der Waals surface area contributed by atoms with E-state index in [-0.39, 0.29) is 45.4 Å². The van der Waals surface area contributed by atoms with Crippen LogP contribution in [0.5, 0.6) is 0 Å². The standard InChI is InChI=1S/C6H9.BrH.Mg/c1-5-6(2,3)4;;/h2-4H3;1H;/q-1;;+2/p-1. The zero-order chi connectivity index (χ0) is 5.21. The summed E-state index contributed by atoms with van der Waals surface area (Å²) in [6.45, 7) is 5.83. The molecule has 0 saturated heterocycles. The molecule has 0 fully saturated rings. The molecule has 0 aromatic carbocycles. The molecule has 0 aliphatic carbocycles. The number of hydrogen-bond acceptors (Lipinski definition) is 0. The summed E-state index contributed by atoms with van der Waals surface area (Å²) >= 11 is 0. The molecule has 0 heterocycles. The maximum Gasteiger partial charge on any atom is 2.00 e. The summed E-state index contributed by atoms with van der Waals surface area (Å²) in [4.78, 5) is 0. The third-order valence-corrected chi connectivity index (χ3v) is 0.375.